The standard InChI is InChI=1S/C6H9N3O2S/c1-4-3-8-6(7)9-5(4)12(2,10)11/h3H,1-2H3,(H2,7,8,9). The second-order valence-electron chi connectivity index (χ2n) is 2.49. The Balaban J connectivity index is 3.43. The lowest BCUT2D eigenvalue weighted by Gasteiger charge is -2.01. The lowest BCUT2D eigenvalue weighted by molar-refractivity contribution is 0.597. The topological polar surface area (TPSA) is 85.9 Å². The highest BCUT2D eigenvalue weighted by Crippen LogP contribution is 2.10. The molecular formula is C6H9N3O2S. The minimum Gasteiger partial charge on any atom is -0.368 e. The van der Waals surface area contributed by atoms with E-state index >= 15 is 0 Å². The molecule has 0 aliphatic carbocycles. The molecule has 5 nitrogen and oxygen atoms in total. The molecule has 0 aromatic carbocycles. The van der Waals surface area contributed by atoms with Crippen LogP contribution in [0.3, 0.4) is 0 Å². The molecule has 1 aromatic heterocycles. The van der Waals surface area contributed by atoms with E-state index in [0.29, 0.717) is 5.56 Å². The van der Waals surface area contributed by atoms with E-state index < -0.39 is 9.84 Å². The van der Waals surface area contributed by atoms with Gasteiger partial charge < -0.3 is 5.73 Å². The second kappa shape index (κ2) is 2.71. The predicted molar refractivity (Wildman–Crippen MR) is 44.3 cm³/mol. The van der Waals surface area contributed by atoms with Gasteiger partial charge in [0.2, 0.25) is 5.95 Å². The van der Waals surface area contributed by atoms with Crippen LogP contribution in [0, 0.1) is 6.92 Å². The van der Waals surface area contributed by atoms with E-state index in [1.807, 2.05) is 0 Å². The Morgan fingerprint density at radius 3 is 2.50 bits per heavy atom. The molecule has 0 saturated carbocycles. The van der Waals surface area contributed by atoms with E-state index in [-0.39, 0.29) is 11.0 Å². The molecule has 0 unspecified atom stereocenters. The SMILES string of the molecule is Cc1cnc(N)nc1S(C)(=O)=O. The van der Waals surface area contributed by atoms with Crippen molar-refractivity contribution in [3.63, 3.8) is 0 Å². The first kappa shape index (κ1) is 8.92. The van der Waals surface area contributed by atoms with Crippen LogP contribution in [0.5, 0.6) is 0 Å². The van der Waals surface area contributed by atoms with Crippen molar-refractivity contribution in [2.75, 3.05) is 12.0 Å². The quantitative estimate of drug-likeness (QED) is 0.614. The zero-order chi connectivity index (χ0) is 9.35. The maximum Gasteiger partial charge on any atom is 0.221 e. The van der Waals surface area contributed by atoms with Crippen LogP contribution in [-0.4, -0.2) is 24.6 Å². The summed E-state index contributed by atoms with van der Waals surface area (Å²) in [5, 5.41) is -0.00463. The van der Waals surface area contributed by atoms with Crippen molar-refractivity contribution in [2.24, 2.45) is 0 Å². The van der Waals surface area contributed by atoms with Crippen LogP contribution in [0.25, 0.3) is 0 Å². The van der Waals surface area contributed by atoms with Crippen LogP contribution in [0.1, 0.15) is 5.56 Å². The van der Waals surface area contributed by atoms with Crippen molar-refractivity contribution >= 4 is 15.8 Å². The van der Waals surface area contributed by atoms with Crippen LogP contribution in [0.2, 0.25) is 0 Å². The zero-order valence-corrected chi connectivity index (χ0v) is 7.59. The summed E-state index contributed by atoms with van der Waals surface area (Å²) >= 11 is 0. The van der Waals surface area contributed by atoms with E-state index in [4.69, 9.17) is 5.73 Å². The zero-order valence-electron chi connectivity index (χ0n) is 6.77. The van der Waals surface area contributed by atoms with Crippen LogP contribution in [-0.2, 0) is 9.84 Å². The normalized spacial score (nSPS) is 11.5. The number of aromatic nitrogens is 2. The Hall–Kier alpha value is -1.17. The maximum atomic E-state index is 11.1. The third kappa shape index (κ3) is 1.70. The molecule has 0 amide bonds. The molecule has 6 heteroatoms. The molecule has 1 heterocycles. The van der Waals surface area contributed by atoms with Crippen LogP contribution in [0.15, 0.2) is 11.2 Å². The van der Waals surface area contributed by atoms with Gasteiger partial charge in [-0.3, -0.25) is 0 Å². The number of nitrogens with zero attached hydrogens (tertiary/aromatic N) is 2. The lowest BCUT2D eigenvalue weighted by Crippen LogP contribution is -2.06. The molecule has 12 heavy (non-hydrogen) atoms. The molecule has 0 radical (unpaired) electrons. The van der Waals surface area contributed by atoms with Gasteiger partial charge >= 0.3 is 0 Å². The minimum absolute atomic E-state index is 0.00463. The van der Waals surface area contributed by atoms with E-state index in [0.717, 1.165) is 6.26 Å². The molecule has 0 aliphatic rings. The van der Waals surface area contributed by atoms with Gasteiger partial charge in [-0.2, -0.15) is 0 Å². The summed E-state index contributed by atoms with van der Waals surface area (Å²) in [5.41, 5.74) is 5.74. The Kier molecular flexibility index (Phi) is 2.01. The number of nitrogens with two attached hydrogens (primary N) is 1. The number of aryl methyl sites for hydroxylation is 1. The molecular weight excluding hydrogens is 178 g/mol. The molecule has 0 fully saturated rings. The summed E-state index contributed by atoms with van der Waals surface area (Å²) < 4.78 is 22.1. The Morgan fingerprint density at radius 2 is 2.08 bits per heavy atom. The summed E-state index contributed by atoms with van der Waals surface area (Å²) in [6, 6.07) is 0. The van der Waals surface area contributed by atoms with Crippen LogP contribution >= 0.6 is 0 Å². The summed E-state index contributed by atoms with van der Waals surface area (Å²) in [7, 11) is -3.29. The number of hydrogen-bond acceptors (Lipinski definition) is 5. The van der Waals surface area contributed by atoms with E-state index in [9.17, 15) is 8.42 Å². The fraction of sp³-hybridized carbons (Fsp3) is 0.333. The first-order valence-electron chi connectivity index (χ1n) is 3.20. The average Bonchev–Trinajstić information content (AvgIpc) is 1.92. The highest BCUT2D eigenvalue weighted by atomic mass is 32.2. The molecule has 0 saturated heterocycles. The average molecular weight is 187 g/mol. The van der Waals surface area contributed by atoms with E-state index in [1.54, 1.807) is 6.92 Å². The summed E-state index contributed by atoms with van der Waals surface area (Å²) in [5.74, 6) is -0.0268. The number of rotatable bonds is 1. The lowest BCUT2D eigenvalue weighted by atomic mass is 10.4. The van der Waals surface area contributed by atoms with E-state index in [2.05, 4.69) is 9.97 Å². The highest BCUT2D eigenvalue weighted by molar-refractivity contribution is 7.90. The Bertz CT molecular complexity index is 399. The predicted octanol–water partition coefficient (Wildman–Crippen LogP) is -0.229. The van der Waals surface area contributed by atoms with Gasteiger partial charge in [0, 0.05) is 18.0 Å². The summed E-state index contributed by atoms with van der Waals surface area (Å²) in [4.78, 5) is 7.28. The van der Waals surface area contributed by atoms with Crippen molar-refractivity contribution in [1.29, 1.82) is 0 Å². The van der Waals surface area contributed by atoms with Gasteiger partial charge in [-0.25, -0.2) is 18.4 Å². The molecule has 0 spiro atoms. The second-order valence-corrected chi connectivity index (χ2v) is 4.42. The monoisotopic (exact) mass is 187 g/mol. The summed E-state index contributed by atoms with van der Waals surface area (Å²) in [6.07, 6.45) is 2.47. The van der Waals surface area contributed by atoms with Crippen molar-refractivity contribution in [3.8, 4) is 0 Å². The van der Waals surface area contributed by atoms with Gasteiger partial charge in [0.25, 0.3) is 0 Å². The third-order valence-electron chi connectivity index (χ3n) is 1.30. The van der Waals surface area contributed by atoms with Gasteiger partial charge in [-0.15, -0.1) is 0 Å². The van der Waals surface area contributed by atoms with Gasteiger partial charge in [0.15, 0.2) is 14.9 Å². The number of hydrogen-bond donors (Lipinski definition) is 1. The highest BCUT2D eigenvalue weighted by Gasteiger charge is 2.12. The smallest absolute Gasteiger partial charge is 0.221 e. The van der Waals surface area contributed by atoms with Crippen molar-refractivity contribution in [3.05, 3.63) is 11.8 Å². The molecule has 0 atom stereocenters. The van der Waals surface area contributed by atoms with Crippen LogP contribution in [0.4, 0.5) is 5.95 Å². The van der Waals surface area contributed by atoms with Gasteiger partial charge in [0.1, 0.15) is 0 Å². The molecule has 1 aromatic rings. The van der Waals surface area contributed by atoms with Crippen LogP contribution < -0.4 is 5.73 Å². The maximum absolute atomic E-state index is 11.1. The molecule has 0 aliphatic heterocycles. The third-order valence-corrected chi connectivity index (χ3v) is 2.41. The molecule has 0 bridgehead atoms. The Labute approximate surface area is 70.6 Å². The van der Waals surface area contributed by atoms with Gasteiger partial charge in [-0.05, 0) is 6.92 Å². The van der Waals surface area contributed by atoms with Crippen molar-refractivity contribution in [2.45, 2.75) is 11.9 Å². The summed E-state index contributed by atoms with van der Waals surface area (Å²) in [6.45, 7) is 1.62. The number of anilines is 1. The van der Waals surface area contributed by atoms with Crippen molar-refractivity contribution in [1.82, 2.24) is 9.97 Å². The first-order valence-corrected chi connectivity index (χ1v) is 5.09. The number of sulfone groups is 1. The van der Waals surface area contributed by atoms with Gasteiger partial charge in [0.05, 0.1) is 0 Å². The first-order chi connectivity index (χ1) is 5.41. The van der Waals surface area contributed by atoms with Crippen molar-refractivity contribution < 1.29 is 8.42 Å². The number of nitrogen functional groups attached to an aromatic ring is 1. The largest absolute Gasteiger partial charge is 0.368 e. The Morgan fingerprint density at radius 1 is 1.50 bits per heavy atom. The fourth-order valence-electron chi connectivity index (χ4n) is 0.815. The van der Waals surface area contributed by atoms with E-state index in [1.165, 1.54) is 6.20 Å². The van der Waals surface area contributed by atoms with Gasteiger partial charge in [-0.1, -0.05) is 0 Å². The molecule has 1 rings (SSSR count). The minimum atomic E-state index is -3.29. The fourth-order valence-corrected chi connectivity index (χ4v) is 1.71. The molecule has 2 N–H and O–H groups in total. The molecule has 66 valence electrons.